The molecule has 3 heteroatoms. The summed E-state index contributed by atoms with van der Waals surface area (Å²) in [4.78, 5) is 4.57. The van der Waals surface area contributed by atoms with Crippen molar-refractivity contribution in [1.82, 2.24) is 10.3 Å². The van der Waals surface area contributed by atoms with Crippen LogP contribution in [0.1, 0.15) is 36.6 Å². The van der Waals surface area contributed by atoms with E-state index in [2.05, 4.69) is 47.6 Å². The predicted molar refractivity (Wildman–Crippen MR) is 84.5 cm³/mol. The van der Waals surface area contributed by atoms with E-state index in [0.29, 0.717) is 11.8 Å². The molecule has 0 spiro atoms. The van der Waals surface area contributed by atoms with Gasteiger partial charge in [-0.15, -0.1) is 0 Å². The van der Waals surface area contributed by atoms with Gasteiger partial charge in [-0.3, -0.25) is 4.98 Å². The minimum absolute atomic E-state index is 0.261. The maximum absolute atomic E-state index is 5.49. The molecule has 0 aliphatic heterocycles. The summed E-state index contributed by atoms with van der Waals surface area (Å²) >= 11 is 0. The number of nitrogens with one attached hydrogen (secondary N) is 1. The smallest absolute Gasteiger partial charge is 0.141 e. The van der Waals surface area contributed by atoms with Crippen LogP contribution in [0.25, 0.3) is 0 Å². The van der Waals surface area contributed by atoms with Crippen molar-refractivity contribution in [2.45, 2.75) is 25.3 Å². The highest BCUT2D eigenvalue weighted by molar-refractivity contribution is 5.34. The van der Waals surface area contributed by atoms with Gasteiger partial charge in [-0.2, -0.15) is 0 Å². The molecule has 1 aliphatic carbocycles. The number of aromatic nitrogens is 1. The van der Waals surface area contributed by atoms with Crippen molar-refractivity contribution in [3.8, 4) is 5.75 Å². The highest BCUT2D eigenvalue weighted by atomic mass is 16.5. The van der Waals surface area contributed by atoms with Crippen molar-refractivity contribution < 1.29 is 4.74 Å². The molecular weight excluding hydrogens is 260 g/mol. The Balaban J connectivity index is 1.83. The number of benzene rings is 1. The van der Waals surface area contributed by atoms with Crippen LogP contribution < -0.4 is 10.1 Å². The summed E-state index contributed by atoms with van der Waals surface area (Å²) in [5, 5.41) is 3.59. The summed E-state index contributed by atoms with van der Waals surface area (Å²) < 4.78 is 5.49. The van der Waals surface area contributed by atoms with Crippen LogP contribution in [0, 0.1) is 5.92 Å². The lowest BCUT2D eigenvalue weighted by atomic mass is 10.0. The van der Waals surface area contributed by atoms with Gasteiger partial charge < -0.3 is 10.1 Å². The number of ether oxygens (including phenoxy) is 1. The highest BCUT2D eigenvalue weighted by Crippen LogP contribution is 2.54. The van der Waals surface area contributed by atoms with E-state index in [0.717, 1.165) is 18.0 Å². The minimum Gasteiger partial charge on any atom is -0.495 e. The summed E-state index contributed by atoms with van der Waals surface area (Å²) in [5.74, 6) is 2.10. The van der Waals surface area contributed by atoms with E-state index in [1.807, 2.05) is 18.3 Å². The van der Waals surface area contributed by atoms with Crippen molar-refractivity contribution in [2.75, 3.05) is 13.7 Å². The van der Waals surface area contributed by atoms with E-state index in [4.69, 9.17) is 4.74 Å². The van der Waals surface area contributed by atoms with Crippen molar-refractivity contribution in [2.24, 2.45) is 5.92 Å². The Morgan fingerprint density at radius 1 is 1.24 bits per heavy atom. The molecule has 3 rings (SSSR count). The van der Waals surface area contributed by atoms with Gasteiger partial charge in [-0.25, -0.2) is 0 Å². The fourth-order valence-electron chi connectivity index (χ4n) is 3.15. The topological polar surface area (TPSA) is 34.2 Å². The molecule has 2 aromatic rings. The second-order valence-electron chi connectivity index (χ2n) is 5.54. The monoisotopic (exact) mass is 282 g/mol. The summed E-state index contributed by atoms with van der Waals surface area (Å²) in [7, 11) is 1.71. The van der Waals surface area contributed by atoms with Crippen molar-refractivity contribution in [3.63, 3.8) is 0 Å². The van der Waals surface area contributed by atoms with E-state index in [9.17, 15) is 0 Å². The number of methoxy groups -OCH3 is 1. The molecule has 1 aromatic carbocycles. The molecule has 1 aromatic heterocycles. The van der Waals surface area contributed by atoms with E-state index in [1.165, 1.54) is 12.0 Å². The zero-order valence-corrected chi connectivity index (χ0v) is 12.6. The van der Waals surface area contributed by atoms with E-state index in [-0.39, 0.29) is 6.04 Å². The van der Waals surface area contributed by atoms with Crippen LogP contribution in [-0.2, 0) is 0 Å². The second-order valence-corrected chi connectivity index (χ2v) is 5.54. The largest absolute Gasteiger partial charge is 0.495 e. The average Bonchev–Trinajstić information content (AvgIpc) is 3.34. The molecule has 0 radical (unpaired) electrons. The van der Waals surface area contributed by atoms with Crippen LogP contribution in [0.15, 0.2) is 48.7 Å². The Kier molecular flexibility index (Phi) is 4.20. The van der Waals surface area contributed by atoms with Gasteiger partial charge in [-0.1, -0.05) is 37.3 Å². The first-order chi connectivity index (χ1) is 10.3. The third-order valence-corrected chi connectivity index (χ3v) is 4.23. The van der Waals surface area contributed by atoms with Crippen molar-refractivity contribution >= 4 is 0 Å². The lowest BCUT2D eigenvalue weighted by Crippen LogP contribution is -2.24. The fraction of sp³-hybridized carbons (Fsp3) is 0.389. The Bertz CT molecular complexity index is 585. The Morgan fingerprint density at radius 3 is 2.76 bits per heavy atom. The van der Waals surface area contributed by atoms with Crippen LogP contribution in [0.4, 0.5) is 0 Å². The van der Waals surface area contributed by atoms with Gasteiger partial charge in [0.2, 0.25) is 0 Å². The normalized spacial score (nSPS) is 21.8. The number of rotatable bonds is 6. The number of hydrogen-bond acceptors (Lipinski definition) is 3. The molecule has 1 aliphatic rings. The summed E-state index contributed by atoms with van der Waals surface area (Å²) in [6.07, 6.45) is 3.06. The lowest BCUT2D eigenvalue weighted by molar-refractivity contribution is 0.385. The second kappa shape index (κ2) is 6.27. The number of pyridine rings is 1. The van der Waals surface area contributed by atoms with Crippen molar-refractivity contribution in [3.05, 3.63) is 59.9 Å². The molecule has 1 N–H and O–H groups in total. The molecule has 0 saturated heterocycles. The van der Waals surface area contributed by atoms with Gasteiger partial charge in [0.05, 0.1) is 18.8 Å². The molecule has 21 heavy (non-hydrogen) atoms. The molecule has 3 atom stereocenters. The van der Waals surface area contributed by atoms with Crippen LogP contribution >= 0.6 is 0 Å². The first kappa shape index (κ1) is 14.1. The lowest BCUT2D eigenvalue weighted by Gasteiger charge is -2.20. The van der Waals surface area contributed by atoms with Crippen LogP contribution in [0.2, 0.25) is 0 Å². The first-order valence-electron chi connectivity index (χ1n) is 7.62. The molecular formula is C18H22N2O. The third kappa shape index (κ3) is 2.93. The average molecular weight is 282 g/mol. The van der Waals surface area contributed by atoms with Gasteiger partial charge in [0.25, 0.3) is 0 Å². The van der Waals surface area contributed by atoms with Crippen LogP contribution in [0.3, 0.4) is 0 Å². The summed E-state index contributed by atoms with van der Waals surface area (Å²) in [5.41, 5.74) is 2.46. The molecule has 1 saturated carbocycles. The van der Waals surface area contributed by atoms with Crippen LogP contribution in [-0.4, -0.2) is 18.6 Å². The maximum atomic E-state index is 5.49. The quantitative estimate of drug-likeness (QED) is 0.880. The van der Waals surface area contributed by atoms with Gasteiger partial charge in [0.1, 0.15) is 5.75 Å². The zero-order chi connectivity index (χ0) is 14.7. The van der Waals surface area contributed by atoms with Crippen molar-refractivity contribution in [1.29, 1.82) is 0 Å². The summed E-state index contributed by atoms with van der Waals surface area (Å²) in [6.45, 7) is 3.07. The third-order valence-electron chi connectivity index (χ3n) is 4.23. The van der Waals surface area contributed by atoms with Crippen LogP contribution in [0.5, 0.6) is 5.75 Å². The molecule has 3 unspecified atom stereocenters. The molecule has 0 amide bonds. The maximum Gasteiger partial charge on any atom is 0.141 e. The molecule has 1 heterocycles. The Labute approximate surface area is 126 Å². The predicted octanol–water partition coefficient (Wildman–Crippen LogP) is 3.54. The van der Waals surface area contributed by atoms with E-state index >= 15 is 0 Å². The van der Waals surface area contributed by atoms with Gasteiger partial charge in [0, 0.05) is 6.20 Å². The molecule has 110 valence electrons. The van der Waals surface area contributed by atoms with Gasteiger partial charge in [-0.05, 0) is 42.5 Å². The van der Waals surface area contributed by atoms with Gasteiger partial charge in [0.15, 0.2) is 0 Å². The molecule has 1 fully saturated rings. The standard InChI is InChI=1S/C18H22N2O/c1-3-19-17(18-16(21-2)10-7-11-20-18)15-12-14(15)13-8-5-4-6-9-13/h4-11,14-15,17,19H,3,12H2,1-2H3. The fourth-order valence-corrected chi connectivity index (χ4v) is 3.15. The van der Waals surface area contributed by atoms with E-state index < -0.39 is 0 Å². The summed E-state index contributed by atoms with van der Waals surface area (Å²) in [6, 6.07) is 14.9. The minimum atomic E-state index is 0.261. The van der Waals surface area contributed by atoms with Gasteiger partial charge >= 0.3 is 0 Å². The highest BCUT2D eigenvalue weighted by Gasteiger charge is 2.45. The zero-order valence-electron chi connectivity index (χ0n) is 12.6. The molecule has 3 nitrogen and oxygen atoms in total. The molecule has 0 bridgehead atoms. The SMILES string of the molecule is CCNC(c1ncccc1OC)C1CC1c1ccccc1. The number of hydrogen-bond donors (Lipinski definition) is 1. The first-order valence-corrected chi connectivity index (χ1v) is 7.62. The Morgan fingerprint density at radius 2 is 2.05 bits per heavy atom. The Hall–Kier alpha value is -1.87. The number of nitrogens with zero attached hydrogens (tertiary/aromatic N) is 1. The van der Waals surface area contributed by atoms with E-state index in [1.54, 1.807) is 7.11 Å².